The first-order valence-corrected chi connectivity index (χ1v) is 16.0. The Balaban J connectivity index is 1.25. The van der Waals surface area contributed by atoms with Crippen LogP contribution in [0.4, 0.5) is 5.69 Å². The molecular formula is C34H37Cl2N4O6+. The number of rotatable bonds is 11. The van der Waals surface area contributed by atoms with E-state index >= 15 is 0 Å². The van der Waals surface area contributed by atoms with Gasteiger partial charge in [0.15, 0.2) is 0 Å². The fourth-order valence-corrected chi connectivity index (χ4v) is 7.06. The third-order valence-electron chi connectivity index (χ3n) is 8.82. The highest BCUT2D eigenvalue weighted by Gasteiger charge is 2.47. The van der Waals surface area contributed by atoms with Gasteiger partial charge in [0.1, 0.15) is 29.1 Å². The number of aryl methyl sites for hydroxylation is 1. The number of nitrogens with zero attached hydrogens (tertiary/aromatic N) is 2. The summed E-state index contributed by atoms with van der Waals surface area (Å²) in [7, 11) is 2.88. The van der Waals surface area contributed by atoms with Gasteiger partial charge in [0.25, 0.3) is 0 Å². The number of carbonyl (C=O) groups excluding carboxylic acids is 4. The molecule has 3 heterocycles. The molecule has 3 aliphatic rings. The Labute approximate surface area is 277 Å². The molecule has 2 aliphatic heterocycles. The summed E-state index contributed by atoms with van der Waals surface area (Å²) in [5.41, 5.74) is 2.51. The van der Waals surface area contributed by atoms with Crippen molar-refractivity contribution in [3.8, 4) is 5.75 Å². The first-order valence-electron chi connectivity index (χ1n) is 15.3. The number of hydrogen-bond acceptors (Lipinski definition) is 7. The number of ether oxygens (including phenoxy) is 2. The molecule has 3 N–H and O–H groups in total. The van der Waals surface area contributed by atoms with Crippen LogP contribution in [0, 0.1) is 5.92 Å². The maximum atomic E-state index is 13.8. The number of aromatic nitrogens is 1. The lowest BCUT2D eigenvalue weighted by molar-refractivity contribution is -0.464. The van der Waals surface area contributed by atoms with Crippen LogP contribution in [0.15, 0.2) is 60.9 Å². The maximum Gasteiger partial charge on any atom is 0.350 e. The molecule has 12 heteroatoms. The number of nitrogens with two attached hydrogens (primary N) is 1. The number of quaternary nitrogens is 1. The predicted octanol–water partition coefficient (Wildman–Crippen LogP) is 4.04. The van der Waals surface area contributed by atoms with Gasteiger partial charge >= 0.3 is 11.9 Å². The largest absolute Gasteiger partial charge is 0.497 e. The zero-order chi connectivity index (χ0) is 32.8. The number of benzene rings is 2. The minimum absolute atomic E-state index is 0.00134. The third kappa shape index (κ3) is 7.68. The number of amides is 3. The van der Waals surface area contributed by atoms with Crippen molar-refractivity contribution < 1.29 is 34.0 Å². The third-order valence-corrected chi connectivity index (χ3v) is 9.39. The Morgan fingerprint density at radius 2 is 1.67 bits per heavy atom. The van der Waals surface area contributed by atoms with Crippen LogP contribution in [0.25, 0.3) is 0 Å². The van der Waals surface area contributed by atoms with Crippen molar-refractivity contribution in [3.63, 3.8) is 0 Å². The number of carbonyl (C=O) groups is 4. The van der Waals surface area contributed by atoms with E-state index in [1.165, 1.54) is 24.8 Å². The molecule has 1 aliphatic carbocycles. The molecule has 2 bridgehead atoms. The van der Waals surface area contributed by atoms with Gasteiger partial charge in [-0.3, -0.25) is 14.6 Å². The Morgan fingerprint density at radius 3 is 2.33 bits per heavy atom. The van der Waals surface area contributed by atoms with E-state index in [9.17, 15) is 19.2 Å². The SMILES string of the molecule is COC(=O)C(Cc1ccc([NH2+]C(=O)c2c(Cl)cncc2Cl)cc1)NC(=O)C1C2CCC(CC2)N1C(=O)CCc1cccc(OC)c1. The molecule has 6 rings (SSSR count). The summed E-state index contributed by atoms with van der Waals surface area (Å²) in [5, 5.41) is 4.63. The van der Waals surface area contributed by atoms with Crippen LogP contribution in [0.2, 0.25) is 10.0 Å². The molecule has 0 radical (unpaired) electrons. The van der Waals surface area contributed by atoms with E-state index in [4.69, 9.17) is 32.7 Å². The summed E-state index contributed by atoms with van der Waals surface area (Å²) >= 11 is 12.2. The summed E-state index contributed by atoms with van der Waals surface area (Å²) in [6.45, 7) is 0. The van der Waals surface area contributed by atoms with Crippen molar-refractivity contribution in [2.45, 2.75) is 63.1 Å². The van der Waals surface area contributed by atoms with E-state index in [0.29, 0.717) is 12.1 Å². The fraction of sp³-hybridized carbons (Fsp3) is 0.382. The molecule has 242 valence electrons. The van der Waals surface area contributed by atoms with Crippen molar-refractivity contribution in [2.24, 2.45) is 5.92 Å². The lowest BCUT2D eigenvalue weighted by Gasteiger charge is -2.50. The molecule has 2 saturated heterocycles. The summed E-state index contributed by atoms with van der Waals surface area (Å²) in [4.78, 5) is 58.7. The van der Waals surface area contributed by atoms with E-state index < -0.39 is 18.1 Å². The van der Waals surface area contributed by atoms with Gasteiger partial charge in [-0.15, -0.1) is 0 Å². The van der Waals surface area contributed by atoms with Crippen molar-refractivity contribution in [2.75, 3.05) is 14.2 Å². The maximum absolute atomic E-state index is 13.8. The second-order valence-corrected chi connectivity index (χ2v) is 12.5. The highest BCUT2D eigenvalue weighted by Crippen LogP contribution is 2.40. The van der Waals surface area contributed by atoms with Crippen LogP contribution in [0.3, 0.4) is 0 Å². The number of esters is 1. The van der Waals surface area contributed by atoms with Gasteiger partial charge in [-0.1, -0.05) is 47.5 Å². The molecule has 10 nitrogen and oxygen atoms in total. The van der Waals surface area contributed by atoms with E-state index in [1.807, 2.05) is 24.3 Å². The van der Waals surface area contributed by atoms with Crippen LogP contribution in [-0.2, 0) is 32.0 Å². The molecule has 46 heavy (non-hydrogen) atoms. The van der Waals surface area contributed by atoms with E-state index in [2.05, 4.69) is 10.3 Å². The minimum Gasteiger partial charge on any atom is -0.497 e. The molecule has 1 aromatic heterocycles. The van der Waals surface area contributed by atoms with Gasteiger partial charge in [0, 0.05) is 31.3 Å². The molecule has 0 spiro atoms. The lowest BCUT2D eigenvalue weighted by atomic mass is 9.74. The number of methoxy groups -OCH3 is 2. The van der Waals surface area contributed by atoms with Gasteiger partial charge in [0.05, 0.1) is 24.3 Å². The summed E-state index contributed by atoms with van der Waals surface area (Å²) in [6, 6.07) is 13.0. The second-order valence-electron chi connectivity index (χ2n) is 11.7. The van der Waals surface area contributed by atoms with E-state index in [-0.39, 0.29) is 58.1 Å². The van der Waals surface area contributed by atoms with Gasteiger partial charge in [-0.2, -0.15) is 0 Å². The Kier molecular flexibility index (Phi) is 10.9. The van der Waals surface area contributed by atoms with Gasteiger partial charge in [-0.05, 0) is 73.4 Å². The van der Waals surface area contributed by atoms with Crippen molar-refractivity contribution in [1.29, 1.82) is 0 Å². The quantitative estimate of drug-likeness (QED) is 0.233. The number of halogens is 2. The molecule has 3 aromatic rings. The average molecular weight is 669 g/mol. The van der Waals surface area contributed by atoms with Crippen molar-refractivity contribution in [3.05, 3.63) is 87.7 Å². The smallest absolute Gasteiger partial charge is 0.350 e. The standard InChI is InChI=1S/C34H36Cl2N4O6/c1-45-25-5-3-4-20(16-25)8-15-29(41)40-24-13-9-22(10-14-24)31(40)33(43)39-28(34(44)46-2)17-21-6-11-23(12-7-21)38-32(42)30-26(35)18-37-19-27(30)36/h3-7,11-12,16,18-19,22,24,28,31H,8-10,13-15,17H2,1-2H3,(H,38,42)(H,39,43)/p+1. The molecule has 1 saturated carbocycles. The van der Waals surface area contributed by atoms with Crippen LogP contribution in [0.1, 0.15) is 53.6 Å². The molecular weight excluding hydrogens is 631 g/mol. The molecule has 3 fully saturated rings. The number of fused-ring (bicyclic) bond motifs is 3. The Hall–Kier alpha value is -3.99. The van der Waals surface area contributed by atoms with Crippen molar-refractivity contribution in [1.82, 2.24) is 15.2 Å². The topological polar surface area (TPSA) is 132 Å². The first kappa shape index (κ1) is 33.4. The molecule has 2 atom stereocenters. The van der Waals surface area contributed by atoms with E-state index in [1.54, 1.807) is 36.3 Å². The summed E-state index contributed by atoms with van der Waals surface area (Å²) in [5.74, 6) is -0.607. The van der Waals surface area contributed by atoms with Gasteiger partial charge in [0.2, 0.25) is 11.8 Å². The minimum atomic E-state index is -0.961. The normalized spacial score (nSPS) is 19.3. The summed E-state index contributed by atoms with van der Waals surface area (Å²) in [6.07, 6.45) is 7.13. The second kappa shape index (κ2) is 15.1. The van der Waals surface area contributed by atoms with Gasteiger partial charge < -0.3 is 19.7 Å². The Morgan fingerprint density at radius 1 is 0.978 bits per heavy atom. The van der Waals surface area contributed by atoms with Gasteiger partial charge in [-0.25, -0.2) is 14.9 Å². The predicted molar refractivity (Wildman–Crippen MR) is 172 cm³/mol. The highest BCUT2D eigenvalue weighted by atomic mass is 35.5. The summed E-state index contributed by atoms with van der Waals surface area (Å²) < 4.78 is 10.3. The number of nitrogens with one attached hydrogen (secondary N) is 1. The average Bonchev–Trinajstić information content (AvgIpc) is 3.07. The van der Waals surface area contributed by atoms with E-state index in [0.717, 1.165) is 42.6 Å². The zero-order valence-electron chi connectivity index (χ0n) is 25.7. The van der Waals surface area contributed by atoms with Crippen molar-refractivity contribution >= 4 is 52.6 Å². The van der Waals surface area contributed by atoms with Crippen LogP contribution in [-0.4, -0.2) is 65.9 Å². The highest BCUT2D eigenvalue weighted by molar-refractivity contribution is 6.38. The Bertz CT molecular complexity index is 1570. The number of hydrogen-bond donors (Lipinski definition) is 2. The van der Waals surface area contributed by atoms with Crippen LogP contribution in [0.5, 0.6) is 5.75 Å². The zero-order valence-corrected chi connectivity index (χ0v) is 27.2. The number of primary amides is 1. The molecule has 3 amide bonds. The molecule has 2 aromatic carbocycles. The molecule has 2 unspecified atom stereocenters. The first-order chi connectivity index (χ1) is 22.2. The lowest BCUT2D eigenvalue weighted by Crippen LogP contribution is -2.82. The van der Waals surface area contributed by atoms with Crippen LogP contribution < -0.4 is 15.4 Å². The number of piperidine rings is 2. The number of pyridine rings is 1. The van der Waals surface area contributed by atoms with Crippen LogP contribution >= 0.6 is 23.2 Å². The fourth-order valence-electron chi connectivity index (χ4n) is 6.51. The monoisotopic (exact) mass is 667 g/mol.